The Morgan fingerprint density at radius 1 is 1.67 bits per heavy atom. The standard InChI is InChI=1S/C10H15N3O2/c14-10(15)9(12-8-2-3-8)4-7-13-6-1-5-11-13/h1,5-6,8-9,12H,2-4,7H2,(H,14,15). The van der Waals surface area contributed by atoms with Gasteiger partial charge in [0, 0.05) is 25.0 Å². The van der Waals surface area contributed by atoms with Crippen LogP contribution in [0.15, 0.2) is 18.5 Å². The summed E-state index contributed by atoms with van der Waals surface area (Å²) in [6, 6.07) is 1.81. The van der Waals surface area contributed by atoms with Crippen LogP contribution in [0, 0.1) is 0 Å². The maximum absolute atomic E-state index is 10.9. The van der Waals surface area contributed by atoms with Crippen molar-refractivity contribution in [2.24, 2.45) is 0 Å². The molecule has 1 aromatic rings. The number of carbonyl (C=O) groups is 1. The Bertz CT molecular complexity index is 319. The predicted molar refractivity (Wildman–Crippen MR) is 54.4 cm³/mol. The topological polar surface area (TPSA) is 67.1 Å². The van der Waals surface area contributed by atoms with Crippen LogP contribution in [0.4, 0.5) is 0 Å². The maximum atomic E-state index is 10.9. The molecule has 0 bridgehead atoms. The Kier molecular flexibility index (Phi) is 3.01. The van der Waals surface area contributed by atoms with Crippen LogP contribution in [0.3, 0.4) is 0 Å². The van der Waals surface area contributed by atoms with Crippen molar-refractivity contribution in [3.63, 3.8) is 0 Å². The lowest BCUT2D eigenvalue weighted by molar-refractivity contribution is -0.139. The number of nitrogens with zero attached hydrogens (tertiary/aromatic N) is 2. The maximum Gasteiger partial charge on any atom is 0.320 e. The van der Waals surface area contributed by atoms with Crippen LogP contribution in [0.5, 0.6) is 0 Å². The molecule has 1 aliphatic carbocycles. The summed E-state index contributed by atoms with van der Waals surface area (Å²) in [5.74, 6) is -0.769. The number of aryl methyl sites for hydroxylation is 1. The van der Waals surface area contributed by atoms with Gasteiger partial charge in [0.15, 0.2) is 0 Å². The molecule has 1 saturated carbocycles. The first kappa shape index (κ1) is 10.2. The van der Waals surface area contributed by atoms with Gasteiger partial charge >= 0.3 is 5.97 Å². The van der Waals surface area contributed by atoms with Crippen molar-refractivity contribution < 1.29 is 9.90 Å². The molecule has 0 amide bonds. The molecular formula is C10H15N3O2. The van der Waals surface area contributed by atoms with Crippen LogP contribution in [0.25, 0.3) is 0 Å². The van der Waals surface area contributed by atoms with Gasteiger partial charge in [0.1, 0.15) is 6.04 Å². The minimum atomic E-state index is -0.769. The van der Waals surface area contributed by atoms with Gasteiger partial charge in [-0.25, -0.2) is 0 Å². The normalized spacial score (nSPS) is 17.6. The summed E-state index contributed by atoms with van der Waals surface area (Å²) in [4.78, 5) is 10.9. The Balaban J connectivity index is 1.80. The fraction of sp³-hybridized carbons (Fsp3) is 0.600. The van der Waals surface area contributed by atoms with E-state index in [1.807, 2.05) is 12.3 Å². The van der Waals surface area contributed by atoms with Gasteiger partial charge in [0.05, 0.1) is 0 Å². The Morgan fingerprint density at radius 3 is 3.00 bits per heavy atom. The Hall–Kier alpha value is -1.36. The second kappa shape index (κ2) is 4.44. The molecule has 82 valence electrons. The molecule has 2 N–H and O–H groups in total. The highest BCUT2D eigenvalue weighted by Crippen LogP contribution is 2.20. The van der Waals surface area contributed by atoms with Crippen molar-refractivity contribution in [1.82, 2.24) is 15.1 Å². The summed E-state index contributed by atoms with van der Waals surface area (Å²) < 4.78 is 1.75. The smallest absolute Gasteiger partial charge is 0.320 e. The van der Waals surface area contributed by atoms with Gasteiger partial charge in [-0.1, -0.05) is 0 Å². The van der Waals surface area contributed by atoms with Crippen molar-refractivity contribution in [3.8, 4) is 0 Å². The summed E-state index contributed by atoms with van der Waals surface area (Å²) in [7, 11) is 0. The van der Waals surface area contributed by atoms with Gasteiger partial charge < -0.3 is 10.4 Å². The molecule has 5 heteroatoms. The molecule has 1 atom stereocenters. The van der Waals surface area contributed by atoms with Gasteiger partial charge in [-0.2, -0.15) is 5.10 Å². The molecule has 1 fully saturated rings. The molecule has 5 nitrogen and oxygen atoms in total. The number of rotatable bonds is 6. The van der Waals surface area contributed by atoms with Crippen LogP contribution >= 0.6 is 0 Å². The van der Waals surface area contributed by atoms with E-state index in [0.29, 0.717) is 19.0 Å². The highest BCUT2D eigenvalue weighted by atomic mass is 16.4. The first-order chi connectivity index (χ1) is 7.25. The van der Waals surface area contributed by atoms with Crippen molar-refractivity contribution >= 4 is 5.97 Å². The van der Waals surface area contributed by atoms with E-state index in [9.17, 15) is 4.79 Å². The average molecular weight is 209 g/mol. The van der Waals surface area contributed by atoms with E-state index in [4.69, 9.17) is 5.11 Å². The monoisotopic (exact) mass is 209 g/mol. The second-order valence-corrected chi connectivity index (χ2v) is 3.89. The van der Waals surface area contributed by atoms with Gasteiger partial charge in [0.2, 0.25) is 0 Å². The molecule has 2 rings (SSSR count). The number of hydrogen-bond acceptors (Lipinski definition) is 3. The zero-order valence-electron chi connectivity index (χ0n) is 8.47. The fourth-order valence-electron chi connectivity index (χ4n) is 1.51. The molecule has 0 aliphatic heterocycles. The van der Waals surface area contributed by atoms with E-state index in [2.05, 4.69) is 10.4 Å². The molecule has 15 heavy (non-hydrogen) atoms. The molecule has 0 aromatic carbocycles. The number of carboxylic acid groups (broad SMARTS) is 1. The predicted octanol–water partition coefficient (Wildman–Crippen LogP) is 0.478. The lowest BCUT2D eigenvalue weighted by Gasteiger charge is -2.13. The second-order valence-electron chi connectivity index (χ2n) is 3.89. The minimum Gasteiger partial charge on any atom is -0.480 e. The van der Waals surface area contributed by atoms with Crippen LogP contribution in [-0.2, 0) is 11.3 Å². The van der Waals surface area contributed by atoms with Crippen LogP contribution in [0.1, 0.15) is 19.3 Å². The van der Waals surface area contributed by atoms with E-state index in [0.717, 1.165) is 12.8 Å². The van der Waals surface area contributed by atoms with E-state index < -0.39 is 12.0 Å². The van der Waals surface area contributed by atoms with E-state index in [-0.39, 0.29) is 0 Å². The van der Waals surface area contributed by atoms with Gasteiger partial charge in [0.25, 0.3) is 0 Å². The zero-order valence-corrected chi connectivity index (χ0v) is 8.47. The highest BCUT2D eigenvalue weighted by molar-refractivity contribution is 5.73. The summed E-state index contributed by atoms with van der Waals surface area (Å²) >= 11 is 0. The summed E-state index contributed by atoms with van der Waals surface area (Å²) in [5, 5.41) is 16.1. The summed E-state index contributed by atoms with van der Waals surface area (Å²) in [6.07, 6.45) is 6.32. The van der Waals surface area contributed by atoms with Crippen molar-refractivity contribution in [3.05, 3.63) is 18.5 Å². The van der Waals surface area contributed by atoms with Crippen molar-refractivity contribution in [2.45, 2.75) is 37.9 Å². The lowest BCUT2D eigenvalue weighted by Crippen LogP contribution is -2.38. The molecule has 1 aliphatic rings. The highest BCUT2D eigenvalue weighted by Gasteiger charge is 2.27. The lowest BCUT2D eigenvalue weighted by atomic mass is 10.2. The summed E-state index contributed by atoms with van der Waals surface area (Å²) in [5.41, 5.74) is 0. The fourth-order valence-corrected chi connectivity index (χ4v) is 1.51. The number of hydrogen-bond donors (Lipinski definition) is 2. The van der Waals surface area contributed by atoms with E-state index in [1.165, 1.54) is 0 Å². The summed E-state index contributed by atoms with van der Waals surface area (Å²) in [6.45, 7) is 0.643. The molecular weight excluding hydrogens is 194 g/mol. The SMILES string of the molecule is O=C(O)C(CCn1cccn1)NC1CC1. The first-order valence-electron chi connectivity index (χ1n) is 5.22. The van der Waals surface area contributed by atoms with Crippen LogP contribution in [0.2, 0.25) is 0 Å². The zero-order chi connectivity index (χ0) is 10.7. The third-order valence-corrected chi connectivity index (χ3v) is 2.52. The number of aromatic nitrogens is 2. The van der Waals surface area contributed by atoms with E-state index in [1.54, 1.807) is 10.9 Å². The molecule has 0 spiro atoms. The molecule has 1 aromatic heterocycles. The largest absolute Gasteiger partial charge is 0.480 e. The quantitative estimate of drug-likeness (QED) is 0.715. The van der Waals surface area contributed by atoms with Crippen LogP contribution < -0.4 is 5.32 Å². The van der Waals surface area contributed by atoms with Gasteiger partial charge in [-0.3, -0.25) is 9.48 Å². The molecule has 1 heterocycles. The Labute approximate surface area is 88.1 Å². The molecule has 1 unspecified atom stereocenters. The number of aliphatic carboxylic acids is 1. The van der Waals surface area contributed by atoms with Crippen molar-refractivity contribution in [1.29, 1.82) is 0 Å². The molecule has 0 radical (unpaired) electrons. The average Bonchev–Trinajstić information content (AvgIpc) is 2.87. The van der Waals surface area contributed by atoms with Gasteiger partial charge in [-0.15, -0.1) is 0 Å². The van der Waals surface area contributed by atoms with Crippen molar-refractivity contribution in [2.75, 3.05) is 0 Å². The number of nitrogens with one attached hydrogen (secondary N) is 1. The first-order valence-corrected chi connectivity index (χ1v) is 5.22. The van der Waals surface area contributed by atoms with Crippen LogP contribution in [-0.4, -0.2) is 32.9 Å². The third kappa shape index (κ3) is 3.06. The molecule has 0 saturated heterocycles. The third-order valence-electron chi connectivity index (χ3n) is 2.52. The minimum absolute atomic E-state index is 0.420. The number of carboxylic acids is 1. The van der Waals surface area contributed by atoms with E-state index >= 15 is 0 Å². The Morgan fingerprint density at radius 2 is 2.47 bits per heavy atom. The van der Waals surface area contributed by atoms with Gasteiger partial charge in [-0.05, 0) is 25.3 Å².